The molecule has 2 aromatic heterocycles. The van der Waals surface area contributed by atoms with Crippen LogP contribution >= 0.6 is 11.3 Å². The summed E-state index contributed by atoms with van der Waals surface area (Å²) >= 11 is 1.27. The zero-order chi connectivity index (χ0) is 19.1. The topological polar surface area (TPSA) is 101 Å². The Morgan fingerprint density at radius 1 is 1.15 bits per heavy atom. The molecule has 3 heterocycles. The number of carbonyl (C=O) groups excluding carboxylic acids is 2. The second kappa shape index (κ2) is 7.07. The van der Waals surface area contributed by atoms with Crippen LogP contribution in [0.5, 0.6) is 0 Å². The molecule has 0 spiro atoms. The van der Waals surface area contributed by atoms with Crippen LogP contribution in [0.25, 0.3) is 10.2 Å². The van der Waals surface area contributed by atoms with Crippen molar-refractivity contribution in [1.82, 2.24) is 20.4 Å². The van der Waals surface area contributed by atoms with Crippen molar-refractivity contribution >= 4 is 39.1 Å². The van der Waals surface area contributed by atoms with E-state index in [0.29, 0.717) is 28.5 Å². The van der Waals surface area contributed by atoms with Gasteiger partial charge in [-0.25, -0.2) is 0 Å². The number of nitrogens with zero attached hydrogens (tertiary/aromatic N) is 3. The fourth-order valence-corrected chi connectivity index (χ4v) is 5.02. The highest BCUT2D eigenvalue weighted by molar-refractivity contribution is 7.21. The molecule has 1 aliphatic heterocycles. The number of amides is 2. The number of carbonyl (C=O) groups is 2. The van der Waals surface area contributed by atoms with Crippen LogP contribution in [0, 0.1) is 19.8 Å². The molecule has 0 unspecified atom stereocenters. The fourth-order valence-electron chi connectivity index (χ4n) is 4.02. The first-order chi connectivity index (χ1) is 13.0. The summed E-state index contributed by atoms with van der Waals surface area (Å²) in [7, 11) is 0. The molecule has 144 valence electrons. The van der Waals surface area contributed by atoms with Gasteiger partial charge in [0.05, 0.1) is 17.4 Å². The van der Waals surface area contributed by atoms with E-state index in [0.717, 1.165) is 42.3 Å². The van der Waals surface area contributed by atoms with E-state index in [-0.39, 0.29) is 23.8 Å². The fraction of sp³-hybridized carbons (Fsp3) is 0.579. The van der Waals surface area contributed by atoms with Crippen molar-refractivity contribution in [2.45, 2.75) is 52.0 Å². The van der Waals surface area contributed by atoms with Gasteiger partial charge in [0.25, 0.3) is 5.91 Å². The van der Waals surface area contributed by atoms with E-state index in [2.05, 4.69) is 15.5 Å². The molecule has 0 aromatic carbocycles. The summed E-state index contributed by atoms with van der Waals surface area (Å²) in [6.45, 7) is 5.00. The first-order valence-corrected chi connectivity index (χ1v) is 10.4. The monoisotopic (exact) mass is 387 g/mol. The maximum Gasteiger partial charge on any atom is 0.263 e. The number of likely N-dealkylation sites (tertiary alicyclic amines) is 1. The third kappa shape index (κ3) is 3.26. The van der Waals surface area contributed by atoms with Crippen LogP contribution in [0.15, 0.2) is 0 Å². The molecule has 7 nitrogen and oxygen atoms in total. The molecule has 2 fully saturated rings. The lowest BCUT2D eigenvalue weighted by molar-refractivity contribution is -0.141. The first kappa shape index (κ1) is 18.2. The van der Waals surface area contributed by atoms with Gasteiger partial charge in [0.1, 0.15) is 9.71 Å². The van der Waals surface area contributed by atoms with Gasteiger partial charge in [-0.05, 0) is 32.3 Å². The van der Waals surface area contributed by atoms with Gasteiger partial charge in [-0.3, -0.25) is 9.59 Å². The Morgan fingerprint density at radius 3 is 2.56 bits per heavy atom. The van der Waals surface area contributed by atoms with E-state index in [9.17, 15) is 9.59 Å². The third-order valence-electron chi connectivity index (χ3n) is 5.82. The minimum absolute atomic E-state index is 0.0106. The molecule has 1 saturated heterocycles. The van der Waals surface area contributed by atoms with E-state index in [1.807, 2.05) is 18.7 Å². The van der Waals surface area contributed by atoms with Gasteiger partial charge in [-0.2, -0.15) is 5.10 Å². The molecule has 8 heteroatoms. The van der Waals surface area contributed by atoms with E-state index < -0.39 is 0 Å². The van der Waals surface area contributed by atoms with Crippen LogP contribution in [0.4, 0.5) is 5.69 Å². The summed E-state index contributed by atoms with van der Waals surface area (Å²) in [4.78, 5) is 28.2. The molecular weight excluding hydrogens is 362 g/mol. The number of anilines is 1. The predicted octanol–water partition coefficient (Wildman–Crippen LogP) is 2.41. The summed E-state index contributed by atoms with van der Waals surface area (Å²) in [5.41, 5.74) is 8.48. The minimum atomic E-state index is -0.192. The van der Waals surface area contributed by atoms with Gasteiger partial charge in [-0.15, -0.1) is 16.4 Å². The van der Waals surface area contributed by atoms with Gasteiger partial charge in [0.15, 0.2) is 0 Å². The van der Waals surface area contributed by atoms with E-state index in [1.165, 1.54) is 17.8 Å². The number of nitrogen functional groups attached to an aromatic ring is 1. The summed E-state index contributed by atoms with van der Waals surface area (Å²) in [6.07, 6.45) is 5.55. The van der Waals surface area contributed by atoms with Crippen molar-refractivity contribution in [3.8, 4) is 0 Å². The highest BCUT2D eigenvalue weighted by Crippen LogP contribution is 2.35. The number of aromatic nitrogens is 2. The van der Waals surface area contributed by atoms with Crippen molar-refractivity contribution in [1.29, 1.82) is 0 Å². The number of fused-ring (bicyclic) bond motifs is 1. The molecule has 2 aromatic rings. The second-order valence-corrected chi connectivity index (χ2v) is 8.68. The normalized spacial score (nSPS) is 18.5. The number of aryl methyl sites for hydroxylation is 2. The Balaban J connectivity index is 1.39. The Hall–Kier alpha value is -2.22. The number of rotatable bonds is 3. The van der Waals surface area contributed by atoms with Gasteiger partial charge >= 0.3 is 0 Å². The van der Waals surface area contributed by atoms with Crippen molar-refractivity contribution in [3.05, 3.63) is 16.1 Å². The van der Waals surface area contributed by atoms with Crippen LogP contribution in [0.1, 0.15) is 53.0 Å². The van der Waals surface area contributed by atoms with E-state index in [4.69, 9.17) is 5.73 Å². The van der Waals surface area contributed by atoms with Crippen molar-refractivity contribution < 1.29 is 9.59 Å². The number of nitrogens with one attached hydrogen (secondary N) is 1. The summed E-state index contributed by atoms with van der Waals surface area (Å²) in [5.74, 6) is 0.240. The van der Waals surface area contributed by atoms with E-state index >= 15 is 0 Å². The quantitative estimate of drug-likeness (QED) is 0.842. The molecule has 3 N–H and O–H groups in total. The Labute approximate surface area is 162 Å². The maximum absolute atomic E-state index is 12.7. The molecular formula is C19H25N5O2S. The van der Waals surface area contributed by atoms with Crippen LogP contribution in [-0.2, 0) is 4.79 Å². The van der Waals surface area contributed by atoms with Gasteiger partial charge in [0, 0.05) is 24.4 Å². The Morgan fingerprint density at radius 2 is 1.85 bits per heavy atom. The lowest BCUT2D eigenvalue weighted by Crippen LogP contribution is -2.62. The van der Waals surface area contributed by atoms with Crippen LogP contribution < -0.4 is 11.1 Å². The van der Waals surface area contributed by atoms with Crippen molar-refractivity contribution in [2.75, 3.05) is 18.8 Å². The molecule has 1 saturated carbocycles. The SMILES string of the molecule is Cc1nnc2sc(C(=O)NC3CN(C(=O)C4CCCCC4)C3)c(N)c2c1C. The van der Waals surface area contributed by atoms with Gasteiger partial charge in [0.2, 0.25) is 5.91 Å². The Bertz CT molecular complexity index is 897. The van der Waals surface area contributed by atoms with Gasteiger partial charge in [-0.1, -0.05) is 19.3 Å². The summed E-state index contributed by atoms with van der Waals surface area (Å²) < 4.78 is 0. The largest absolute Gasteiger partial charge is 0.397 e. The number of hydrogen-bond acceptors (Lipinski definition) is 6. The molecule has 0 atom stereocenters. The lowest BCUT2D eigenvalue weighted by atomic mass is 9.87. The van der Waals surface area contributed by atoms with Crippen LogP contribution in [0.3, 0.4) is 0 Å². The standard InChI is InChI=1S/C19H25N5O2S/c1-10-11(2)22-23-18-14(10)15(20)16(27-18)17(25)21-13-8-24(9-13)19(26)12-6-4-3-5-7-12/h12-13H,3-9,20H2,1-2H3,(H,21,25). The van der Waals surface area contributed by atoms with Crippen molar-refractivity contribution in [3.63, 3.8) is 0 Å². The summed E-state index contributed by atoms with van der Waals surface area (Å²) in [6, 6.07) is -0.0106. The first-order valence-electron chi connectivity index (χ1n) is 9.57. The molecule has 27 heavy (non-hydrogen) atoms. The summed E-state index contributed by atoms with van der Waals surface area (Å²) in [5, 5.41) is 12.1. The zero-order valence-corrected chi connectivity index (χ0v) is 16.6. The second-order valence-electron chi connectivity index (χ2n) is 7.68. The molecule has 2 aliphatic rings. The zero-order valence-electron chi connectivity index (χ0n) is 15.7. The van der Waals surface area contributed by atoms with Crippen LogP contribution in [0.2, 0.25) is 0 Å². The average molecular weight is 388 g/mol. The highest BCUT2D eigenvalue weighted by Gasteiger charge is 2.36. The lowest BCUT2D eigenvalue weighted by Gasteiger charge is -2.41. The average Bonchev–Trinajstić information content (AvgIpc) is 2.98. The maximum atomic E-state index is 12.7. The highest BCUT2D eigenvalue weighted by atomic mass is 32.1. The van der Waals surface area contributed by atoms with Crippen LogP contribution in [-0.4, -0.2) is 46.0 Å². The van der Waals surface area contributed by atoms with Gasteiger partial charge < -0.3 is 16.0 Å². The molecule has 0 bridgehead atoms. The number of hydrogen-bond donors (Lipinski definition) is 2. The predicted molar refractivity (Wildman–Crippen MR) is 106 cm³/mol. The molecule has 2 amide bonds. The number of nitrogens with two attached hydrogens (primary N) is 1. The van der Waals surface area contributed by atoms with Crippen molar-refractivity contribution in [2.24, 2.45) is 5.92 Å². The molecule has 1 aliphatic carbocycles. The molecule has 0 radical (unpaired) electrons. The smallest absolute Gasteiger partial charge is 0.263 e. The third-order valence-corrected chi connectivity index (χ3v) is 6.91. The minimum Gasteiger partial charge on any atom is -0.397 e. The number of thiophene rings is 1. The molecule has 4 rings (SSSR count). The van der Waals surface area contributed by atoms with E-state index in [1.54, 1.807) is 0 Å². The Kier molecular flexibility index (Phi) is 4.75.